The average molecular weight is 222 g/mol. The van der Waals surface area contributed by atoms with Gasteiger partial charge in [0.25, 0.3) is 0 Å². The Balaban J connectivity index is 1.91. The van der Waals surface area contributed by atoms with E-state index in [9.17, 15) is 4.39 Å². The van der Waals surface area contributed by atoms with E-state index in [1.807, 2.05) is 12.1 Å². The van der Waals surface area contributed by atoms with Gasteiger partial charge >= 0.3 is 0 Å². The number of hydrogen-bond acceptors (Lipinski definition) is 2. The maximum absolute atomic E-state index is 12.8. The van der Waals surface area contributed by atoms with E-state index in [2.05, 4.69) is 4.90 Å². The Morgan fingerprint density at radius 3 is 2.75 bits per heavy atom. The van der Waals surface area contributed by atoms with Gasteiger partial charge in [-0.05, 0) is 49.5 Å². The third kappa shape index (κ3) is 3.03. The minimum atomic E-state index is -0.165. The molecule has 1 aromatic carbocycles. The molecule has 0 aliphatic carbocycles. The largest absolute Gasteiger partial charge is 0.330 e. The standard InChI is InChI=1S/C13H19FN2/c14-13-5-3-11(4-6-13)9-16-7-1-2-12(8-15)10-16/h3-6,12H,1-2,7-10,15H2. The number of nitrogens with two attached hydrogens (primary N) is 1. The number of likely N-dealkylation sites (tertiary alicyclic amines) is 1. The summed E-state index contributed by atoms with van der Waals surface area (Å²) in [7, 11) is 0. The van der Waals surface area contributed by atoms with Crippen LogP contribution in [0.4, 0.5) is 4.39 Å². The predicted molar refractivity (Wildman–Crippen MR) is 63.5 cm³/mol. The van der Waals surface area contributed by atoms with Crippen molar-refractivity contribution in [3.05, 3.63) is 35.6 Å². The highest BCUT2D eigenvalue weighted by Gasteiger charge is 2.18. The number of piperidine rings is 1. The summed E-state index contributed by atoms with van der Waals surface area (Å²) in [5, 5.41) is 0. The van der Waals surface area contributed by atoms with Crippen molar-refractivity contribution in [1.29, 1.82) is 0 Å². The fraction of sp³-hybridized carbons (Fsp3) is 0.538. The molecule has 1 heterocycles. The topological polar surface area (TPSA) is 29.3 Å². The van der Waals surface area contributed by atoms with Crippen molar-refractivity contribution in [2.24, 2.45) is 11.7 Å². The van der Waals surface area contributed by atoms with Crippen LogP contribution in [0.2, 0.25) is 0 Å². The number of halogens is 1. The lowest BCUT2D eigenvalue weighted by molar-refractivity contribution is 0.171. The van der Waals surface area contributed by atoms with Crippen LogP contribution in [-0.4, -0.2) is 24.5 Å². The zero-order valence-electron chi connectivity index (χ0n) is 9.53. The fourth-order valence-corrected chi connectivity index (χ4v) is 2.34. The van der Waals surface area contributed by atoms with Crippen LogP contribution in [0.3, 0.4) is 0 Å². The Bertz CT molecular complexity index is 323. The molecule has 1 fully saturated rings. The SMILES string of the molecule is NCC1CCCN(Cc2ccc(F)cc2)C1. The van der Waals surface area contributed by atoms with Gasteiger partial charge in [-0.3, -0.25) is 4.90 Å². The molecule has 0 aromatic heterocycles. The van der Waals surface area contributed by atoms with Gasteiger partial charge in [0.1, 0.15) is 5.82 Å². The molecule has 88 valence electrons. The van der Waals surface area contributed by atoms with Crippen molar-refractivity contribution in [2.75, 3.05) is 19.6 Å². The first-order chi connectivity index (χ1) is 7.78. The summed E-state index contributed by atoms with van der Waals surface area (Å²) in [6, 6.07) is 6.78. The zero-order valence-corrected chi connectivity index (χ0v) is 9.53. The number of hydrogen-bond donors (Lipinski definition) is 1. The van der Waals surface area contributed by atoms with E-state index in [-0.39, 0.29) is 5.82 Å². The molecule has 2 nitrogen and oxygen atoms in total. The quantitative estimate of drug-likeness (QED) is 0.847. The Kier molecular flexibility index (Phi) is 3.91. The van der Waals surface area contributed by atoms with Gasteiger partial charge in [0.05, 0.1) is 0 Å². The monoisotopic (exact) mass is 222 g/mol. The first-order valence-corrected chi connectivity index (χ1v) is 5.95. The fourth-order valence-electron chi connectivity index (χ4n) is 2.34. The normalized spacial score (nSPS) is 22.2. The van der Waals surface area contributed by atoms with Crippen molar-refractivity contribution < 1.29 is 4.39 Å². The van der Waals surface area contributed by atoms with E-state index in [1.54, 1.807) is 0 Å². The first-order valence-electron chi connectivity index (χ1n) is 5.95. The van der Waals surface area contributed by atoms with Crippen molar-refractivity contribution >= 4 is 0 Å². The summed E-state index contributed by atoms with van der Waals surface area (Å²) in [4.78, 5) is 2.41. The Morgan fingerprint density at radius 1 is 1.31 bits per heavy atom. The van der Waals surface area contributed by atoms with Crippen LogP contribution < -0.4 is 5.73 Å². The molecule has 0 saturated carbocycles. The van der Waals surface area contributed by atoms with E-state index in [4.69, 9.17) is 5.73 Å². The second-order valence-electron chi connectivity index (χ2n) is 4.61. The third-order valence-corrected chi connectivity index (χ3v) is 3.26. The second kappa shape index (κ2) is 5.41. The molecular formula is C13H19FN2. The summed E-state index contributed by atoms with van der Waals surface area (Å²) in [5.41, 5.74) is 6.88. The molecule has 1 atom stereocenters. The molecule has 0 radical (unpaired) electrons. The number of benzene rings is 1. The highest BCUT2D eigenvalue weighted by atomic mass is 19.1. The van der Waals surface area contributed by atoms with Gasteiger partial charge < -0.3 is 5.73 Å². The van der Waals surface area contributed by atoms with Crippen LogP contribution in [-0.2, 0) is 6.54 Å². The van der Waals surface area contributed by atoms with E-state index in [0.29, 0.717) is 5.92 Å². The lowest BCUT2D eigenvalue weighted by Crippen LogP contribution is -2.37. The molecule has 0 spiro atoms. The third-order valence-electron chi connectivity index (χ3n) is 3.26. The summed E-state index contributed by atoms with van der Waals surface area (Å²) in [6.07, 6.45) is 2.47. The molecule has 1 aromatic rings. The smallest absolute Gasteiger partial charge is 0.123 e. The summed E-state index contributed by atoms with van der Waals surface area (Å²) in [5.74, 6) is 0.469. The van der Waals surface area contributed by atoms with Gasteiger partial charge in [-0.15, -0.1) is 0 Å². The average Bonchev–Trinajstić information content (AvgIpc) is 2.32. The first kappa shape index (κ1) is 11.6. The van der Waals surface area contributed by atoms with Crippen LogP contribution in [0.1, 0.15) is 18.4 Å². The maximum Gasteiger partial charge on any atom is 0.123 e. The lowest BCUT2D eigenvalue weighted by Gasteiger charge is -2.32. The predicted octanol–water partition coefficient (Wildman–Crippen LogP) is 2.00. The summed E-state index contributed by atoms with van der Waals surface area (Å²) >= 11 is 0. The van der Waals surface area contributed by atoms with Gasteiger partial charge in [0.2, 0.25) is 0 Å². The molecule has 0 bridgehead atoms. The molecular weight excluding hydrogens is 203 g/mol. The van der Waals surface area contributed by atoms with E-state index in [0.717, 1.165) is 26.2 Å². The molecule has 1 unspecified atom stereocenters. The van der Waals surface area contributed by atoms with E-state index in [1.165, 1.54) is 30.5 Å². The summed E-state index contributed by atoms with van der Waals surface area (Å²) in [6.45, 7) is 3.90. The molecule has 3 heteroatoms. The minimum absolute atomic E-state index is 0.165. The number of rotatable bonds is 3. The van der Waals surface area contributed by atoms with Gasteiger partial charge in [-0.1, -0.05) is 12.1 Å². The van der Waals surface area contributed by atoms with Gasteiger partial charge in [0, 0.05) is 13.1 Å². The number of nitrogens with zero attached hydrogens (tertiary/aromatic N) is 1. The van der Waals surface area contributed by atoms with Gasteiger partial charge in [-0.2, -0.15) is 0 Å². The van der Waals surface area contributed by atoms with Gasteiger partial charge in [0.15, 0.2) is 0 Å². The van der Waals surface area contributed by atoms with Crippen LogP contribution in [0.25, 0.3) is 0 Å². The van der Waals surface area contributed by atoms with Crippen molar-refractivity contribution in [3.63, 3.8) is 0 Å². The lowest BCUT2D eigenvalue weighted by atomic mass is 9.98. The Labute approximate surface area is 96.2 Å². The Hall–Kier alpha value is -0.930. The van der Waals surface area contributed by atoms with Crippen molar-refractivity contribution in [1.82, 2.24) is 4.90 Å². The van der Waals surface area contributed by atoms with E-state index >= 15 is 0 Å². The van der Waals surface area contributed by atoms with Crippen LogP contribution in [0.5, 0.6) is 0 Å². The highest BCUT2D eigenvalue weighted by Crippen LogP contribution is 2.17. The zero-order chi connectivity index (χ0) is 11.4. The van der Waals surface area contributed by atoms with Crippen LogP contribution in [0, 0.1) is 11.7 Å². The second-order valence-corrected chi connectivity index (χ2v) is 4.61. The molecule has 1 aliphatic rings. The molecule has 1 saturated heterocycles. The minimum Gasteiger partial charge on any atom is -0.330 e. The van der Waals surface area contributed by atoms with Crippen molar-refractivity contribution in [2.45, 2.75) is 19.4 Å². The summed E-state index contributed by atoms with van der Waals surface area (Å²) < 4.78 is 12.8. The Morgan fingerprint density at radius 2 is 2.06 bits per heavy atom. The van der Waals surface area contributed by atoms with Crippen molar-refractivity contribution in [3.8, 4) is 0 Å². The molecule has 2 N–H and O–H groups in total. The molecule has 2 rings (SSSR count). The van der Waals surface area contributed by atoms with Crippen LogP contribution in [0.15, 0.2) is 24.3 Å². The molecule has 1 aliphatic heterocycles. The van der Waals surface area contributed by atoms with E-state index < -0.39 is 0 Å². The maximum atomic E-state index is 12.8. The van der Waals surface area contributed by atoms with Crippen LogP contribution >= 0.6 is 0 Å². The molecule has 16 heavy (non-hydrogen) atoms. The molecule has 0 amide bonds. The van der Waals surface area contributed by atoms with Gasteiger partial charge in [-0.25, -0.2) is 4.39 Å². The highest BCUT2D eigenvalue weighted by molar-refractivity contribution is 5.15.